The number of nitrogens with zero attached hydrogens (tertiary/aromatic N) is 2. The number of ether oxygens (including phenoxy) is 1. The fourth-order valence-corrected chi connectivity index (χ4v) is 2.91. The van der Waals surface area contributed by atoms with Crippen LogP contribution >= 0.6 is 0 Å². The summed E-state index contributed by atoms with van der Waals surface area (Å²) < 4.78 is 19.4. The van der Waals surface area contributed by atoms with Crippen LogP contribution in [0.3, 0.4) is 0 Å². The Hall–Kier alpha value is -3.01. The van der Waals surface area contributed by atoms with Crippen molar-refractivity contribution in [1.29, 1.82) is 0 Å². The van der Waals surface area contributed by atoms with Crippen LogP contribution in [0.25, 0.3) is 32.9 Å². The van der Waals surface area contributed by atoms with E-state index < -0.39 is 0 Å². The maximum atomic E-state index is 14.1. The van der Waals surface area contributed by atoms with Crippen molar-refractivity contribution in [3.05, 3.63) is 66.7 Å². The number of pyridine rings is 2. The van der Waals surface area contributed by atoms with Gasteiger partial charge in [-0.25, -0.2) is 4.39 Å². The molecule has 2 aromatic carbocycles. The van der Waals surface area contributed by atoms with Crippen molar-refractivity contribution < 1.29 is 9.13 Å². The first-order chi connectivity index (χ1) is 11.3. The summed E-state index contributed by atoms with van der Waals surface area (Å²) in [5.41, 5.74) is 3.16. The molecule has 0 saturated heterocycles. The lowest BCUT2D eigenvalue weighted by molar-refractivity contribution is 0.419. The first-order valence-corrected chi connectivity index (χ1v) is 7.24. The van der Waals surface area contributed by atoms with Gasteiger partial charge >= 0.3 is 0 Å². The lowest BCUT2D eigenvalue weighted by Gasteiger charge is -2.12. The minimum absolute atomic E-state index is 0.284. The molecule has 0 bridgehead atoms. The highest BCUT2D eigenvalue weighted by molar-refractivity contribution is 6.04. The zero-order chi connectivity index (χ0) is 15.8. The molecule has 0 radical (unpaired) electrons. The van der Waals surface area contributed by atoms with E-state index in [0.717, 1.165) is 32.9 Å². The van der Waals surface area contributed by atoms with Crippen LogP contribution in [0.4, 0.5) is 4.39 Å². The van der Waals surface area contributed by atoms with Gasteiger partial charge in [-0.05, 0) is 42.0 Å². The van der Waals surface area contributed by atoms with E-state index in [-0.39, 0.29) is 5.82 Å². The van der Waals surface area contributed by atoms with Crippen molar-refractivity contribution in [3.63, 3.8) is 0 Å². The van der Waals surface area contributed by atoms with E-state index in [1.807, 2.05) is 30.3 Å². The fourth-order valence-electron chi connectivity index (χ4n) is 2.91. The predicted molar refractivity (Wildman–Crippen MR) is 89.0 cm³/mol. The standard InChI is InChI=1S/C19H13FN2O/c1-23-17-7-6-14(15-5-3-9-22-19(15)17)16-11-13(20)10-12-4-2-8-21-18(12)16/h2-11H,1H3. The molecule has 0 fully saturated rings. The van der Waals surface area contributed by atoms with E-state index in [2.05, 4.69) is 9.97 Å². The Labute approximate surface area is 132 Å². The van der Waals surface area contributed by atoms with Crippen LogP contribution in [0.5, 0.6) is 5.75 Å². The van der Waals surface area contributed by atoms with E-state index in [1.165, 1.54) is 12.1 Å². The van der Waals surface area contributed by atoms with Gasteiger partial charge in [0.2, 0.25) is 0 Å². The van der Waals surface area contributed by atoms with Crippen molar-refractivity contribution >= 4 is 21.8 Å². The summed E-state index contributed by atoms with van der Waals surface area (Å²) in [6, 6.07) is 14.3. The van der Waals surface area contributed by atoms with Gasteiger partial charge in [0.05, 0.1) is 12.6 Å². The van der Waals surface area contributed by atoms with Crippen LogP contribution in [0, 0.1) is 5.82 Å². The van der Waals surface area contributed by atoms with Crippen LogP contribution in [0.15, 0.2) is 60.9 Å². The van der Waals surface area contributed by atoms with Crippen LogP contribution < -0.4 is 4.74 Å². The van der Waals surface area contributed by atoms with Gasteiger partial charge in [-0.15, -0.1) is 0 Å². The second-order valence-corrected chi connectivity index (χ2v) is 5.24. The van der Waals surface area contributed by atoms with Gasteiger partial charge in [0.25, 0.3) is 0 Å². The molecule has 23 heavy (non-hydrogen) atoms. The molecule has 2 aromatic heterocycles. The Morgan fingerprint density at radius 2 is 1.65 bits per heavy atom. The molecule has 112 valence electrons. The number of benzene rings is 2. The molecule has 4 rings (SSSR count). The van der Waals surface area contributed by atoms with E-state index in [0.29, 0.717) is 5.75 Å². The molecule has 4 aromatic rings. The molecule has 0 aliphatic rings. The Bertz CT molecular complexity index is 1030. The zero-order valence-electron chi connectivity index (χ0n) is 12.5. The molecular weight excluding hydrogens is 291 g/mol. The number of fused-ring (bicyclic) bond motifs is 2. The summed E-state index contributed by atoms with van der Waals surface area (Å²) in [7, 11) is 1.61. The minimum Gasteiger partial charge on any atom is -0.494 e. The zero-order valence-corrected chi connectivity index (χ0v) is 12.5. The van der Waals surface area contributed by atoms with Gasteiger partial charge in [0, 0.05) is 28.7 Å². The Morgan fingerprint density at radius 3 is 2.48 bits per heavy atom. The number of hydrogen-bond donors (Lipinski definition) is 0. The molecule has 0 unspecified atom stereocenters. The van der Waals surface area contributed by atoms with Crippen LogP contribution in [0.1, 0.15) is 0 Å². The van der Waals surface area contributed by atoms with Crippen molar-refractivity contribution in [1.82, 2.24) is 9.97 Å². The number of rotatable bonds is 2. The van der Waals surface area contributed by atoms with Crippen LogP contribution in [0.2, 0.25) is 0 Å². The summed E-state index contributed by atoms with van der Waals surface area (Å²) in [4.78, 5) is 8.83. The van der Waals surface area contributed by atoms with Gasteiger partial charge in [0.1, 0.15) is 17.1 Å². The van der Waals surface area contributed by atoms with Gasteiger partial charge < -0.3 is 4.74 Å². The molecule has 0 atom stereocenters. The van der Waals surface area contributed by atoms with Gasteiger partial charge in [-0.3, -0.25) is 9.97 Å². The second kappa shape index (κ2) is 5.32. The average molecular weight is 304 g/mol. The number of hydrogen-bond acceptors (Lipinski definition) is 3. The summed E-state index contributed by atoms with van der Waals surface area (Å²) in [6.07, 6.45) is 3.43. The smallest absolute Gasteiger partial charge is 0.145 e. The van der Waals surface area contributed by atoms with Gasteiger partial charge in [-0.1, -0.05) is 12.1 Å². The molecular formula is C19H13FN2O. The number of methoxy groups -OCH3 is 1. The molecule has 0 amide bonds. The maximum absolute atomic E-state index is 14.1. The van der Waals surface area contributed by atoms with Gasteiger partial charge in [0.15, 0.2) is 0 Å². The quantitative estimate of drug-likeness (QED) is 0.543. The highest BCUT2D eigenvalue weighted by Crippen LogP contribution is 2.36. The predicted octanol–water partition coefficient (Wildman–Crippen LogP) is 4.60. The van der Waals surface area contributed by atoms with E-state index in [4.69, 9.17) is 4.74 Å². The van der Waals surface area contributed by atoms with Crippen LogP contribution in [-0.4, -0.2) is 17.1 Å². The summed E-state index contributed by atoms with van der Waals surface area (Å²) in [5.74, 6) is 0.409. The van der Waals surface area contributed by atoms with Gasteiger partial charge in [-0.2, -0.15) is 0 Å². The first-order valence-electron chi connectivity index (χ1n) is 7.24. The number of halogens is 1. The molecule has 3 nitrogen and oxygen atoms in total. The summed E-state index contributed by atoms with van der Waals surface area (Å²) in [6.45, 7) is 0. The summed E-state index contributed by atoms with van der Waals surface area (Å²) in [5, 5.41) is 1.68. The average Bonchev–Trinajstić information content (AvgIpc) is 2.60. The minimum atomic E-state index is -0.284. The maximum Gasteiger partial charge on any atom is 0.145 e. The molecule has 2 heterocycles. The largest absolute Gasteiger partial charge is 0.494 e. The SMILES string of the molecule is COc1ccc(-c2cc(F)cc3cccnc23)c2cccnc12. The van der Waals surface area contributed by atoms with Crippen molar-refractivity contribution in [2.45, 2.75) is 0 Å². The number of aromatic nitrogens is 2. The third kappa shape index (κ3) is 2.19. The first kappa shape index (κ1) is 13.6. The summed E-state index contributed by atoms with van der Waals surface area (Å²) >= 11 is 0. The third-order valence-corrected chi connectivity index (χ3v) is 3.91. The Morgan fingerprint density at radius 1 is 0.870 bits per heavy atom. The fraction of sp³-hybridized carbons (Fsp3) is 0.0526. The lowest BCUT2D eigenvalue weighted by Crippen LogP contribution is -1.92. The van der Waals surface area contributed by atoms with E-state index >= 15 is 0 Å². The lowest BCUT2D eigenvalue weighted by atomic mass is 9.97. The molecule has 0 aliphatic heterocycles. The normalized spacial score (nSPS) is 11.0. The third-order valence-electron chi connectivity index (χ3n) is 3.91. The monoisotopic (exact) mass is 304 g/mol. The molecule has 0 saturated carbocycles. The van der Waals surface area contributed by atoms with Crippen molar-refractivity contribution in [3.8, 4) is 16.9 Å². The van der Waals surface area contributed by atoms with E-state index in [9.17, 15) is 4.39 Å². The highest BCUT2D eigenvalue weighted by Gasteiger charge is 2.13. The second-order valence-electron chi connectivity index (χ2n) is 5.24. The molecule has 0 N–H and O–H groups in total. The highest BCUT2D eigenvalue weighted by atomic mass is 19.1. The van der Waals surface area contributed by atoms with Crippen LogP contribution in [-0.2, 0) is 0 Å². The Balaban J connectivity index is 2.12. The molecule has 0 aliphatic carbocycles. The Kier molecular flexibility index (Phi) is 3.15. The molecule has 0 spiro atoms. The molecule has 4 heteroatoms. The van der Waals surface area contributed by atoms with E-state index in [1.54, 1.807) is 25.6 Å². The van der Waals surface area contributed by atoms with Crippen molar-refractivity contribution in [2.24, 2.45) is 0 Å². The van der Waals surface area contributed by atoms with Crippen molar-refractivity contribution in [2.75, 3.05) is 7.11 Å². The topological polar surface area (TPSA) is 35.0 Å².